The van der Waals surface area contributed by atoms with Gasteiger partial charge in [0, 0.05) is 38.8 Å². The number of rotatable bonds is 8. The number of aliphatic hydroxyl groups is 1. The van der Waals surface area contributed by atoms with Crippen LogP contribution in [0, 0.1) is 0 Å². The first-order chi connectivity index (χ1) is 12.1. The molecule has 2 amide bonds. The molecule has 1 aromatic rings. The van der Waals surface area contributed by atoms with E-state index in [9.17, 15) is 9.90 Å². The predicted octanol–water partition coefficient (Wildman–Crippen LogP) is 1.44. The van der Waals surface area contributed by atoms with Crippen molar-refractivity contribution >= 4 is 6.03 Å². The summed E-state index contributed by atoms with van der Waals surface area (Å²) in [6.45, 7) is 4.25. The summed E-state index contributed by atoms with van der Waals surface area (Å²) in [6, 6.07) is 9.71. The lowest BCUT2D eigenvalue weighted by Gasteiger charge is -2.33. The van der Waals surface area contributed by atoms with Crippen molar-refractivity contribution in [1.29, 1.82) is 0 Å². The van der Waals surface area contributed by atoms with Crippen LogP contribution >= 0.6 is 0 Å². The van der Waals surface area contributed by atoms with Crippen LogP contribution in [0.25, 0.3) is 0 Å². The zero-order valence-electron chi connectivity index (χ0n) is 15.4. The van der Waals surface area contributed by atoms with Gasteiger partial charge in [-0.05, 0) is 38.9 Å². The van der Waals surface area contributed by atoms with E-state index in [1.165, 1.54) is 0 Å². The topological polar surface area (TPSA) is 67.8 Å². The van der Waals surface area contributed by atoms with Gasteiger partial charge in [-0.2, -0.15) is 0 Å². The molecule has 1 saturated heterocycles. The predicted molar refractivity (Wildman–Crippen MR) is 101 cm³/mol. The number of benzene rings is 1. The summed E-state index contributed by atoms with van der Waals surface area (Å²) >= 11 is 0. The van der Waals surface area contributed by atoms with Crippen molar-refractivity contribution in [3.8, 4) is 0 Å². The van der Waals surface area contributed by atoms with Gasteiger partial charge in [0.25, 0.3) is 0 Å². The number of hydrogen-bond acceptors (Lipinski definition) is 4. The molecule has 1 aliphatic heterocycles. The largest absolute Gasteiger partial charge is 0.396 e. The zero-order chi connectivity index (χ0) is 18.1. The molecular formula is C19H32N4O2. The van der Waals surface area contributed by atoms with E-state index in [0.29, 0.717) is 6.42 Å². The van der Waals surface area contributed by atoms with Crippen LogP contribution in [-0.4, -0.2) is 73.9 Å². The Hall–Kier alpha value is -1.63. The summed E-state index contributed by atoms with van der Waals surface area (Å²) in [6.07, 6.45) is 2.48. The molecule has 0 aromatic heterocycles. The fourth-order valence-corrected chi connectivity index (χ4v) is 3.16. The maximum atomic E-state index is 12.3. The molecule has 0 aliphatic carbocycles. The summed E-state index contributed by atoms with van der Waals surface area (Å²) < 4.78 is 0. The normalized spacial score (nSPS) is 17.4. The van der Waals surface area contributed by atoms with E-state index in [-0.39, 0.29) is 24.7 Å². The molecule has 3 N–H and O–H groups in total. The number of likely N-dealkylation sites (N-methyl/N-ethyl adjacent to an activating group) is 1. The van der Waals surface area contributed by atoms with E-state index in [1.807, 2.05) is 30.3 Å². The maximum Gasteiger partial charge on any atom is 0.315 e. The van der Waals surface area contributed by atoms with Crippen molar-refractivity contribution in [2.75, 3.05) is 46.9 Å². The standard InChI is InChI=1S/C19H32N4O2/c1-22(2)13-14-23-11-8-17(9-12-23)20-19(25)21-18(10-15-24)16-6-4-3-5-7-16/h3-7,17-18,24H,8-15H2,1-2H3,(H2,20,21,25)/t18-/m1/s1. The number of aliphatic hydroxyl groups excluding tert-OH is 1. The molecule has 2 rings (SSSR count). The number of carbonyl (C=O) groups excluding carboxylic acids is 1. The van der Waals surface area contributed by atoms with Crippen LogP contribution in [0.15, 0.2) is 30.3 Å². The number of hydrogen-bond donors (Lipinski definition) is 3. The summed E-state index contributed by atoms with van der Waals surface area (Å²) in [7, 11) is 4.18. The van der Waals surface area contributed by atoms with E-state index in [4.69, 9.17) is 0 Å². The van der Waals surface area contributed by atoms with Gasteiger partial charge in [0.2, 0.25) is 0 Å². The summed E-state index contributed by atoms with van der Waals surface area (Å²) in [5.74, 6) is 0. The van der Waals surface area contributed by atoms with E-state index < -0.39 is 0 Å². The number of piperidine rings is 1. The van der Waals surface area contributed by atoms with E-state index in [0.717, 1.165) is 44.6 Å². The Morgan fingerprint density at radius 1 is 1.28 bits per heavy atom. The Bertz CT molecular complexity index is 501. The molecule has 1 aromatic carbocycles. The van der Waals surface area contributed by atoms with Gasteiger partial charge >= 0.3 is 6.03 Å². The number of carbonyl (C=O) groups is 1. The number of amides is 2. The van der Waals surface area contributed by atoms with Crippen LogP contribution < -0.4 is 10.6 Å². The fourth-order valence-electron chi connectivity index (χ4n) is 3.16. The highest BCUT2D eigenvalue weighted by Gasteiger charge is 2.22. The number of nitrogens with zero attached hydrogens (tertiary/aromatic N) is 2. The number of nitrogens with one attached hydrogen (secondary N) is 2. The lowest BCUT2D eigenvalue weighted by atomic mass is 10.0. The number of urea groups is 1. The minimum atomic E-state index is -0.161. The molecule has 0 radical (unpaired) electrons. The average molecular weight is 348 g/mol. The number of likely N-dealkylation sites (tertiary alicyclic amines) is 1. The minimum Gasteiger partial charge on any atom is -0.396 e. The van der Waals surface area contributed by atoms with Gasteiger partial charge in [-0.3, -0.25) is 0 Å². The third kappa shape index (κ3) is 7.02. The fraction of sp³-hybridized carbons (Fsp3) is 0.632. The van der Waals surface area contributed by atoms with Gasteiger partial charge < -0.3 is 25.5 Å². The smallest absolute Gasteiger partial charge is 0.315 e. The highest BCUT2D eigenvalue weighted by Crippen LogP contribution is 2.16. The van der Waals surface area contributed by atoms with Crippen LogP contribution in [0.3, 0.4) is 0 Å². The molecule has 6 heteroatoms. The van der Waals surface area contributed by atoms with Gasteiger partial charge in [-0.1, -0.05) is 30.3 Å². The molecule has 0 saturated carbocycles. The molecule has 1 atom stereocenters. The lowest BCUT2D eigenvalue weighted by Crippen LogP contribution is -2.49. The second-order valence-corrected chi connectivity index (χ2v) is 7.01. The Morgan fingerprint density at radius 2 is 1.96 bits per heavy atom. The maximum absolute atomic E-state index is 12.3. The quantitative estimate of drug-likeness (QED) is 0.665. The highest BCUT2D eigenvalue weighted by molar-refractivity contribution is 5.74. The van der Waals surface area contributed by atoms with Crippen molar-refractivity contribution < 1.29 is 9.90 Å². The average Bonchev–Trinajstić information content (AvgIpc) is 2.61. The van der Waals surface area contributed by atoms with Crippen molar-refractivity contribution in [2.24, 2.45) is 0 Å². The van der Waals surface area contributed by atoms with Crippen LogP contribution in [0.1, 0.15) is 30.9 Å². The van der Waals surface area contributed by atoms with Crippen LogP contribution in [0.4, 0.5) is 4.79 Å². The van der Waals surface area contributed by atoms with Crippen molar-refractivity contribution in [1.82, 2.24) is 20.4 Å². The second kappa shape index (κ2) is 10.4. The van der Waals surface area contributed by atoms with E-state index >= 15 is 0 Å². The van der Waals surface area contributed by atoms with Crippen LogP contribution in [-0.2, 0) is 0 Å². The van der Waals surface area contributed by atoms with Crippen molar-refractivity contribution in [2.45, 2.75) is 31.3 Å². The van der Waals surface area contributed by atoms with Crippen molar-refractivity contribution in [3.05, 3.63) is 35.9 Å². The Labute approximate surface area is 151 Å². The highest BCUT2D eigenvalue weighted by atomic mass is 16.3. The molecule has 1 heterocycles. The molecule has 0 bridgehead atoms. The molecule has 140 valence electrons. The van der Waals surface area contributed by atoms with Gasteiger partial charge in [0.1, 0.15) is 0 Å². The van der Waals surface area contributed by atoms with Crippen LogP contribution in [0.2, 0.25) is 0 Å². The first-order valence-electron chi connectivity index (χ1n) is 9.18. The monoisotopic (exact) mass is 348 g/mol. The second-order valence-electron chi connectivity index (χ2n) is 7.01. The van der Waals surface area contributed by atoms with E-state index in [2.05, 4.69) is 34.5 Å². The Morgan fingerprint density at radius 3 is 2.56 bits per heavy atom. The van der Waals surface area contributed by atoms with Crippen molar-refractivity contribution in [3.63, 3.8) is 0 Å². The van der Waals surface area contributed by atoms with Gasteiger partial charge in [0.05, 0.1) is 6.04 Å². The van der Waals surface area contributed by atoms with E-state index in [1.54, 1.807) is 0 Å². The summed E-state index contributed by atoms with van der Waals surface area (Å²) in [4.78, 5) is 17.0. The van der Waals surface area contributed by atoms with Gasteiger partial charge in [-0.25, -0.2) is 4.79 Å². The van der Waals surface area contributed by atoms with Gasteiger partial charge in [0.15, 0.2) is 0 Å². The Kier molecular flexibility index (Phi) is 8.18. The van der Waals surface area contributed by atoms with Crippen LogP contribution in [0.5, 0.6) is 0 Å². The zero-order valence-corrected chi connectivity index (χ0v) is 15.4. The summed E-state index contributed by atoms with van der Waals surface area (Å²) in [5, 5.41) is 15.4. The molecule has 0 unspecified atom stereocenters. The molecule has 1 fully saturated rings. The molecular weight excluding hydrogens is 316 g/mol. The molecule has 1 aliphatic rings. The minimum absolute atomic E-state index is 0.0457. The Balaban J connectivity index is 1.76. The first-order valence-corrected chi connectivity index (χ1v) is 9.18. The molecule has 0 spiro atoms. The third-order valence-corrected chi connectivity index (χ3v) is 4.71. The SMILES string of the molecule is CN(C)CCN1CCC(NC(=O)N[C@H](CCO)c2ccccc2)CC1. The summed E-state index contributed by atoms with van der Waals surface area (Å²) in [5.41, 5.74) is 1.02. The molecule has 25 heavy (non-hydrogen) atoms. The molecule has 6 nitrogen and oxygen atoms in total. The van der Waals surface area contributed by atoms with Gasteiger partial charge in [-0.15, -0.1) is 0 Å². The lowest BCUT2D eigenvalue weighted by molar-refractivity contribution is 0.178. The first kappa shape index (κ1) is 19.7. The third-order valence-electron chi connectivity index (χ3n) is 4.71.